The van der Waals surface area contributed by atoms with Gasteiger partial charge in [0.15, 0.2) is 0 Å². The average molecular weight is 456 g/mol. The lowest BCUT2D eigenvalue weighted by atomic mass is 10.0. The summed E-state index contributed by atoms with van der Waals surface area (Å²) in [7, 11) is 1.35. The van der Waals surface area contributed by atoms with Crippen molar-refractivity contribution in [1.82, 2.24) is 14.8 Å². The second-order valence-electron chi connectivity index (χ2n) is 7.73. The van der Waals surface area contributed by atoms with Gasteiger partial charge in [-0.2, -0.15) is 0 Å². The molecule has 32 heavy (non-hydrogen) atoms. The molecule has 2 heterocycles. The van der Waals surface area contributed by atoms with Crippen LogP contribution in [-0.2, 0) is 9.53 Å². The van der Waals surface area contributed by atoms with Crippen molar-refractivity contribution in [3.63, 3.8) is 0 Å². The summed E-state index contributed by atoms with van der Waals surface area (Å²) in [5.41, 5.74) is 2.25. The van der Waals surface area contributed by atoms with Crippen molar-refractivity contribution < 1.29 is 18.7 Å². The van der Waals surface area contributed by atoms with Gasteiger partial charge in [0.2, 0.25) is 0 Å². The van der Waals surface area contributed by atoms with E-state index in [1.807, 2.05) is 23.1 Å². The number of halogens is 2. The predicted octanol–water partition coefficient (Wildman–Crippen LogP) is 4.01. The minimum atomic E-state index is -0.634. The van der Waals surface area contributed by atoms with Crippen LogP contribution in [0.1, 0.15) is 27.7 Å². The number of aryl methyl sites for hydroxylation is 1. The molecular formula is C24H23ClFN3O3. The number of carbonyl (C=O) groups is 2. The molecule has 0 N–H and O–H groups in total. The van der Waals surface area contributed by atoms with E-state index in [-0.39, 0.29) is 17.7 Å². The summed E-state index contributed by atoms with van der Waals surface area (Å²) in [5.74, 6) is -0.883. The molecule has 1 aromatic heterocycles. The quantitative estimate of drug-likeness (QED) is 0.556. The molecule has 3 aromatic rings. The molecule has 1 saturated heterocycles. The molecule has 0 spiro atoms. The fraction of sp³-hybridized carbons (Fsp3) is 0.292. The topological polar surface area (TPSA) is 62.7 Å². The second kappa shape index (κ2) is 9.22. The monoisotopic (exact) mass is 455 g/mol. The van der Waals surface area contributed by atoms with Gasteiger partial charge in [-0.1, -0.05) is 29.8 Å². The summed E-state index contributed by atoms with van der Waals surface area (Å²) in [6.07, 6.45) is 0. The maximum atomic E-state index is 13.5. The van der Waals surface area contributed by atoms with Gasteiger partial charge < -0.3 is 9.64 Å². The zero-order chi connectivity index (χ0) is 22.8. The van der Waals surface area contributed by atoms with Gasteiger partial charge in [-0.05, 0) is 36.8 Å². The zero-order valence-electron chi connectivity index (χ0n) is 17.8. The maximum absolute atomic E-state index is 13.5. The van der Waals surface area contributed by atoms with E-state index in [9.17, 15) is 14.0 Å². The molecule has 4 rings (SSSR count). The minimum Gasteiger partial charge on any atom is -0.468 e. The first-order valence-corrected chi connectivity index (χ1v) is 10.7. The number of carbonyl (C=O) groups excluding carboxylic acids is 2. The van der Waals surface area contributed by atoms with Gasteiger partial charge in [0.1, 0.15) is 11.9 Å². The Bertz CT molecular complexity index is 1180. The van der Waals surface area contributed by atoms with Gasteiger partial charge in [0.25, 0.3) is 5.91 Å². The number of fused-ring (bicyclic) bond motifs is 1. The molecule has 1 fully saturated rings. The van der Waals surface area contributed by atoms with Gasteiger partial charge in [0.05, 0.1) is 23.9 Å². The Morgan fingerprint density at radius 2 is 1.81 bits per heavy atom. The van der Waals surface area contributed by atoms with E-state index < -0.39 is 6.04 Å². The molecule has 0 saturated carbocycles. The number of rotatable bonds is 4. The van der Waals surface area contributed by atoms with Gasteiger partial charge in [-0.3, -0.25) is 14.7 Å². The Labute approximate surface area is 190 Å². The Kier molecular flexibility index (Phi) is 6.39. The van der Waals surface area contributed by atoms with Crippen molar-refractivity contribution in [2.75, 3.05) is 33.3 Å². The minimum absolute atomic E-state index is 0.131. The Morgan fingerprint density at radius 1 is 1.09 bits per heavy atom. The second-order valence-corrected chi connectivity index (χ2v) is 8.14. The number of methoxy groups -OCH3 is 1. The molecule has 1 aliphatic rings. The maximum Gasteiger partial charge on any atom is 0.327 e. The number of ether oxygens (including phenoxy) is 1. The van der Waals surface area contributed by atoms with Crippen LogP contribution in [0.15, 0.2) is 48.5 Å². The summed E-state index contributed by atoms with van der Waals surface area (Å²) < 4.78 is 18.5. The third kappa shape index (κ3) is 4.31. The van der Waals surface area contributed by atoms with Gasteiger partial charge in [-0.25, -0.2) is 9.18 Å². The van der Waals surface area contributed by atoms with Gasteiger partial charge in [0, 0.05) is 42.7 Å². The number of aromatic nitrogens is 1. The fourth-order valence-corrected chi connectivity index (χ4v) is 4.33. The molecule has 0 bridgehead atoms. The molecule has 0 aliphatic carbocycles. The highest BCUT2D eigenvalue weighted by atomic mass is 35.5. The van der Waals surface area contributed by atoms with Crippen LogP contribution in [0.2, 0.25) is 5.02 Å². The number of hydrogen-bond acceptors (Lipinski definition) is 5. The molecule has 6 nitrogen and oxygen atoms in total. The number of amides is 1. The molecule has 1 aliphatic heterocycles. The number of nitrogens with zero attached hydrogens (tertiary/aromatic N) is 3. The highest BCUT2D eigenvalue weighted by Crippen LogP contribution is 2.30. The largest absolute Gasteiger partial charge is 0.468 e. The van der Waals surface area contributed by atoms with E-state index >= 15 is 0 Å². The first-order valence-electron chi connectivity index (χ1n) is 10.3. The summed E-state index contributed by atoms with van der Waals surface area (Å²) in [6, 6.07) is 12.7. The normalized spacial score (nSPS) is 15.6. The number of benzene rings is 2. The van der Waals surface area contributed by atoms with E-state index in [1.54, 1.807) is 30.0 Å². The smallest absolute Gasteiger partial charge is 0.327 e. The van der Waals surface area contributed by atoms with Crippen molar-refractivity contribution >= 4 is 34.4 Å². The molecule has 1 amide bonds. The first kappa shape index (κ1) is 22.2. The van der Waals surface area contributed by atoms with Gasteiger partial charge in [-0.15, -0.1) is 0 Å². The average Bonchev–Trinajstić information content (AvgIpc) is 2.80. The van der Waals surface area contributed by atoms with Crippen molar-refractivity contribution in [1.29, 1.82) is 0 Å². The van der Waals surface area contributed by atoms with Crippen LogP contribution in [0.25, 0.3) is 10.9 Å². The lowest BCUT2D eigenvalue weighted by Crippen LogP contribution is -2.51. The van der Waals surface area contributed by atoms with Crippen LogP contribution in [0.4, 0.5) is 4.39 Å². The van der Waals surface area contributed by atoms with E-state index in [4.69, 9.17) is 16.3 Å². The number of pyridine rings is 1. The Hall–Kier alpha value is -3.03. The van der Waals surface area contributed by atoms with Crippen molar-refractivity contribution in [2.24, 2.45) is 0 Å². The number of hydrogen-bond donors (Lipinski definition) is 0. The summed E-state index contributed by atoms with van der Waals surface area (Å²) in [6.45, 7) is 3.61. The first-order chi connectivity index (χ1) is 15.4. The van der Waals surface area contributed by atoms with Gasteiger partial charge >= 0.3 is 5.97 Å². The van der Waals surface area contributed by atoms with Crippen LogP contribution >= 0.6 is 11.6 Å². The van der Waals surface area contributed by atoms with E-state index in [0.29, 0.717) is 58.9 Å². The van der Waals surface area contributed by atoms with E-state index in [2.05, 4.69) is 4.98 Å². The molecule has 166 valence electrons. The lowest BCUT2D eigenvalue weighted by molar-refractivity contribution is -0.148. The molecular weight excluding hydrogens is 433 g/mol. The van der Waals surface area contributed by atoms with Crippen LogP contribution < -0.4 is 0 Å². The third-order valence-electron chi connectivity index (χ3n) is 5.79. The van der Waals surface area contributed by atoms with Crippen LogP contribution in [0, 0.1) is 12.7 Å². The Balaban J connectivity index is 1.53. The lowest BCUT2D eigenvalue weighted by Gasteiger charge is -2.38. The van der Waals surface area contributed by atoms with Crippen molar-refractivity contribution in [3.05, 3.63) is 76.2 Å². The molecule has 1 unspecified atom stereocenters. The summed E-state index contributed by atoms with van der Waals surface area (Å²) in [4.78, 5) is 33.9. The van der Waals surface area contributed by atoms with Crippen LogP contribution in [0.5, 0.6) is 0 Å². The van der Waals surface area contributed by atoms with Crippen LogP contribution in [-0.4, -0.2) is 59.9 Å². The molecule has 0 radical (unpaired) electrons. The highest BCUT2D eigenvalue weighted by molar-refractivity contribution is 6.31. The van der Waals surface area contributed by atoms with E-state index in [1.165, 1.54) is 19.2 Å². The van der Waals surface area contributed by atoms with E-state index in [0.717, 1.165) is 0 Å². The number of esters is 1. The SMILES string of the molecule is COC(=O)C(c1ccccc1Cl)N1CCN(C(=O)c2cc3ccc(F)cc3nc2C)CC1. The summed E-state index contributed by atoms with van der Waals surface area (Å²) in [5, 5.41) is 1.21. The molecule has 8 heteroatoms. The fourth-order valence-electron chi connectivity index (χ4n) is 4.09. The zero-order valence-corrected chi connectivity index (χ0v) is 18.6. The third-order valence-corrected chi connectivity index (χ3v) is 6.14. The Morgan fingerprint density at radius 3 is 2.50 bits per heavy atom. The van der Waals surface area contributed by atoms with Crippen molar-refractivity contribution in [2.45, 2.75) is 13.0 Å². The highest BCUT2D eigenvalue weighted by Gasteiger charge is 2.34. The molecule has 1 atom stereocenters. The standard InChI is InChI=1S/C24H23ClFN3O3/c1-15-19(13-16-7-8-17(26)14-21(16)27-15)23(30)29-11-9-28(10-12-29)22(24(31)32-2)18-5-3-4-6-20(18)25/h3-8,13-14,22H,9-12H2,1-2H3. The molecule has 2 aromatic carbocycles. The predicted molar refractivity (Wildman–Crippen MR) is 120 cm³/mol. The van der Waals surface area contributed by atoms with Crippen LogP contribution in [0.3, 0.4) is 0 Å². The number of piperazine rings is 1. The van der Waals surface area contributed by atoms with Crippen molar-refractivity contribution in [3.8, 4) is 0 Å². The summed E-state index contributed by atoms with van der Waals surface area (Å²) >= 11 is 6.34.